The number of hydrogen-bond donors (Lipinski definition) is 2. The second-order valence-corrected chi connectivity index (χ2v) is 6.18. The maximum atomic E-state index is 12.5. The zero-order valence-electron chi connectivity index (χ0n) is 16.1. The topological polar surface area (TPSA) is 83.0 Å². The van der Waals surface area contributed by atoms with Crippen LogP contribution in [0.3, 0.4) is 0 Å². The highest BCUT2D eigenvalue weighted by atomic mass is 16.1. The van der Waals surface area contributed by atoms with Gasteiger partial charge in [0.05, 0.1) is 0 Å². The van der Waals surface area contributed by atoms with Gasteiger partial charge in [-0.2, -0.15) is 0 Å². The minimum absolute atomic E-state index is 0.276. The first-order valence-electron chi connectivity index (χ1n) is 9.30. The molecular formula is C21H24N6O. The van der Waals surface area contributed by atoms with Gasteiger partial charge >= 0.3 is 0 Å². The van der Waals surface area contributed by atoms with Gasteiger partial charge in [-0.05, 0) is 49.7 Å². The van der Waals surface area contributed by atoms with Crippen molar-refractivity contribution >= 4 is 23.1 Å². The Bertz CT molecular complexity index is 894. The van der Waals surface area contributed by atoms with E-state index >= 15 is 0 Å². The molecule has 0 saturated heterocycles. The number of amides is 1. The summed E-state index contributed by atoms with van der Waals surface area (Å²) < 4.78 is 0. The molecule has 0 aliphatic rings. The standard InChI is InChI=1S/C21H24N6O/c1-3-27(4-2)18-9-7-17(8-10-18)26-21(28)19-12-20(25-15-24-19)23-14-16-6-5-11-22-13-16/h5-13,15H,3-4,14H2,1-2H3,(H,26,28)(H,23,24,25). The van der Waals surface area contributed by atoms with Crippen LogP contribution in [0.5, 0.6) is 0 Å². The number of aromatic nitrogens is 3. The second kappa shape index (κ2) is 9.45. The van der Waals surface area contributed by atoms with E-state index in [2.05, 4.69) is 44.3 Å². The van der Waals surface area contributed by atoms with Gasteiger partial charge in [0.1, 0.15) is 17.8 Å². The molecule has 2 aromatic heterocycles. The molecular weight excluding hydrogens is 352 g/mol. The highest BCUT2D eigenvalue weighted by Gasteiger charge is 2.10. The molecule has 3 aromatic rings. The summed E-state index contributed by atoms with van der Waals surface area (Å²) in [7, 11) is 0. The predicted octanol–water partition coefficient (Wildman–Crippen LogP) is 3.58. The quantitative estimate of drug-likeness (QED) is 0.625. The lowest BCUT2D eigenvalue weighted by atomic mass is 10.2. The normalized spacial score (nSPS) is 10.4. The average molecular weight is 376 g/mol. The van der Waals surface area contributed by atoms with E-state index in [4.69, 9.17) is 0 Å². The largest absolute Gasteiger partial charge is 0.372 e. The van der Waals surface area contributed by atoms with Crippen molar-refractivity contribution in [3.8, 4) is 0 Å². The maximum Gasteiger partial charge on any atom is 0.274 e. The minimum Gasteiger partial charge on any atom is -0.372 e. The van der Waals surface area contributed by atoms with Gasteiger partial charge < -0.3 is 15.5 Å². The number of anilines is 3. The zero-order chi connectivity index (χ0) is 19.8. The fraction of sp³-hybridized carbons (Fsp3) is 0.238. The first-order valence-corrected chi connectivity index (χ1v) is 9.30. The van der Waals surface area contributed by atoms with E-state index in [-0.39, 0.29) is 5.91 Å². The number of nitrogens with zero attached hydrogens (tertiary/aromatic N) is 4. The molecule has 144 valence electrons. The maximum absolute atomic E-state index is 12.5. The third-order valence-electron chi connectivity index (χ3n) is 4.35. The molecule has 1 amide bonds. The summed E-state index contributed by atoms with van der Waals surface area (Å²) in [6, 6.07) is 13.3. The van der Waals surface area contributed by atoms with Crippen molar-refractivity contribution in [3.05, 3.63) is 72.4 Å². The Morgan fingerprint density at radius 3 is 2.54 bits per heavy atom. The number of carbonyl (C=O) groups is 1. The molecule has 0 bridgehead atoms. The Morgan fingerprint density at radius 1 is 1.07 bits per heavy atom. The minimum atomic E-state index is -0.276. The van der Waals surface area contributed by atoms with Crippen molar-refractivity contribution in [2.45, 2.75) is 20.4 Å². The molecule has 28 heavy (non-hydrogen) atoms. The molecule has 0 aliphatic carbocycles. The van der Waals surface area contributed by atoms with Gasteiger partial charge in [0, 0.05) is 49.5 Å². The lowest BCUT2D eigenvalue weighted by molar-refractivity contribution is 0.102. The number of nitrogens with one attached hydrogen (secondary N) is 2. The van der Waals surface area contributed by atoms with Gasteiger partial charge in [0.15, 0.2) is 0 Å². The van der Waals surface area contributed by atoms with E-state index in [1.807, 2.05) is 36.4 Å². The van der Waals surface area contributed by atoms with Gasteiger partial charge in [0.2, 0.25) is 0 Å². The average Bonchev–Trinajstić information content (AvgIpc) is 2.75. The molecule has 7 heteroatoms. The predicted molar refractivity (Wildman–Crippen MR) is 112 cm³/mol. The monoisotopic (exact) mass is 376 g/mol. The third kappa shape index (κ3) is 5.03. The van der Waals surface area contributed by atoms with Crippen molar-refractivity contribution in [3.63, 3.8) is 0 Å². The first kappa shape index (κ1) is 19.3. The molecule has 7 nitrogen and oxygen atoms in total. The number of rotatable bonds is 8. The van der Waals surface area contributed by atoms with Crippen molar-refractivity contribution in [1.82, 2.24) is 15.0 Å². The van der Waals surface area contributed by atoms with E-state index < -0.39 is 0 Å². The molecule has 3 rings (SSSR count). The molecule has 0 saturated carbocycles. The molecule has 0 atom stereocenters. The highest BCUT2D eigenvalue weighted by molar-refractivity contribution is 6.03. The number of carbonyl (C=O) groups excluding carboxylic acids is 1. The van der Waals surface area contributed by atoms with Gasteiger partial charge in [-0.25, -0.2) is 9.97 Å². The van der Waals surface area contributed by atoms with E-state index in [9.17, 15) is 4.79 Å². The smallest absolute Gasteiger partial charge is 0.274 e. The lowest BCUT2D eigenvalue weighted by Crippen LogP contribution is -2.21. The Hall–Kier alpha value is -3.48. The number of pyridine rings is 1. The summed E-state index contributed by atoms with van der Waals surface area (Å²) in [6.45, 7) is 6.69. The molecule has 0 aliphatic heterocycles. The van der Waals surface area contributed by atoms with Gasteiger partial charge in [-0.15, -0.1) is 0 Å². The summed E-state index contributed by atoms with van der Waals surface area (Å²) in [5.41, 5.74) is 3.19. The molecule has 2 N–H and O–H groups in total. The highest BCUT2D eigenvalue weighted by Crippen LogP contribution is 2.18. The molecule has 0 unspecified atom stereocenters. The summed E-state index contributed by atoms with van der Waals surface area (Å²) in [6.07, 6.45) is 4.89. The fourth-order valence-corrected chi connectivity index (χ4v) is 2.81. The summed E-state index contributed by atoms with van der Waals surface area (Å²) in [5.74, 6) is 0.309. The van der Waals surface area contributed by atoms with Crippen LogP contribution in [0.2, 0.25) is 0 Å². The molecule has 0 fully saturated rings. The number of benzene rings is 1. The van der Waals surface area contributed by atoms with E-state index in [1.54, 1.807) is 18.5 Å². The SMILES string of the molecule is CCN(CC)c1ccc(NC(=O)c2cc(NCc3cccnc3)ncn2)cc1. The van der Waals surface area contributed by atoms with Crippen molar-refractivity contribution in [1.29, 1.82) is 0 Å². The Kier molecular flexibility index (Phi) is 6.51. The van der Waals surface area contributed by atoms with Crippen LogP contribution in [-0.2, 0) is 6.54 Å². The molecule has 0 spiro atoms. The summed E-state index contributed by atoms with van der Waals surface area (Å²) >= 11 is 0. The second-order valence-electron chi connectivity index (χ2n) is 6.18. The van der Waals surface area contributed by atoms with E-state index in [0.717, 1.165) is 30.0 Å². The van der Waals surface area contributed by atoms with Crippen LogP contribution < -0.4 is 15.5 Å². The summed E-state index contributed by atoms with van der Waals surface area (Å²) in [5, 5.41) is 6.05. The summed E-state index contributed by atoms with van der Waals surface area (Å²) in [4.78, 5) is 27.1. The van der Waals surface area contributed by atoms with Crippen molar-refractivity contribution in [2.75, 3.05) is 28.6 Å². The van der Waals surface area contributed by atoms with Crippen LogP contribution in [0.1, 0.15) is 29.9 Å². The van der Waals surface area contributed by atoms with Crippen LogP contribution in [0, 0.1) is 0 Å². The van der Waals surface area contributed by atoms with Crippen LogP contribution in [-0.4, -0.2) is 33.9 Å². The van der Waals surface area contributed by atoms with Crippen molar-refractivity contribution < 1.29 is 4.79 Å². The van der Waals surface area contributed by atoms with Crippen LogP contribution in [0.4, 0.5) is 17.2 Å². The molecule has 2 heterocycles. The van der Waals surface area contributed by atoms with Crippen LogP contribution in [0.15, 0.2) is 61.2 Å². The van der Waals surface area contributed by atoms with Gasteiger partial charge in [0.25, 0.3) is 5.91 Å². The fourth-order valence-electron chi connectivity index (χ4n) is 2.81. The lowest BCUT2D eigenvalue weighted by Gasteiger charge is -2.21. The molecule has 0 radical (unpaired) electrons. The van der Waals surface area contributed by atoms with E-state index in [0.29, 0.717) is 18.1 Å². The van der Waals surface area contributed by atoms with Gasteiger partial charge in [-0.3, -0.25) is 9.78 Å². The van der Waals surface area contributed by atoms with Crippen LogP contribution >= 0.6 is 0 Å². The number of hydrogen-bond acceptors (Lipinski definition) is 6. The first-order chi connectivity index (χ1) is 13.7. The Labute approximate surface area is 164 Å². The van der Waals surface area contributed by atoms with Crippen molar-refractivity contribution in [2.24, 2.45) is 0 Å². The Morgan fingerprint density at radius 2 is 1.86 bits per heavy atom. The van der Waals surface area contributed by atoms with Gasteiger partial charge in [-0.1, -0.05) is 6.07 Å². The Balaban J connectivity index is 1.62. The van der Waals surface area contributed by atoms with Crippen LogP contribution in [0.25, 0.3) is 0 Å². The molecule has 1 aromatic carbocycles. The van der Waals surface area contributed by atoms with E-state index in [1.165, 1.54) is 6.33 Å². The zero-order valence-corrected chi connectivity index (χ0v) is 16.1. The third-order valence-corrected chi connectivity index (χ3v) is 4.35.